The van der Waals surface area contributed by atoms with E-state index in [1.54, 1.807) is 20.8 Å². The van der Waals surface area contributed by atoms with Crippen LogP contribution in [0.25, 0.3) is 0 Å². The number of alkyl carbamates (subject to hydrolysis) is 1. The van der Waals surface area contributed by atoms with E-state index in [4.69, 9.17) is 9.47 Å². The lowest BCUT2D eigenvalue weighted by Crippen LogP contribution is -2.82. The van der Waals surface area contributed by atoms with Crippen molar-refractivity contribution in [2.75, 3.05) is 6.61 Å². The molecule has 2 aliphatic rings. The quantitative estimate of drug-likeness (QED) is 0.816. The molecule has 6 nitrogen and oxygen atoms in total. The van der Waals surface area contributed by atoms with Crippen molar-refractivity contribution in [3.8, 4) is 0 Å². The molecule has 1 amide bonds. The lowest BCUT2D eigenvalue weighted by Gasteiger charge is -2.65. The minimum atomic E-state index is -1.33. The van der Waals surface area contributed by atoms with E-state index in [1.807, 2.05) is 13.8 Å². The minimum absolute atomic E-state index is 0.141. The standard InChI is InChI=1S/C15H25NO5/c1-13(2,3)21-12(19)16-15(11(17)18)9-7-6-8-20-10(9)14(15,4)5/h9-10H,6-8H2,1-5H3,(H,16,19)(H,17,18). The third kappa shape index (κ3) is 2.39. The Labute approximate surface area is 125 Å². The van der Waals surface area contributed by atoms with Gasteiger partial charge in [0.1, 0.15) is 5.60 Å². The van der Waals surface area contributed by atoms with Crippen molar-refractivity contribution in [1.29, 1.82) is 0 Å². The van der Waals surface area contributed by atoms with Crippen LogP contribution in [0.2, 0.25) is 0 Å². The van der Waals surface area contributed by atoms with E-state index in [9.17, 15) is 14.7 Å². The molecule has 6 heteroatoms. The topological polar surface area (TPSA) is 84.9 Å². The second-order valence-electron chi connectivity index (χ2n) is 7.50. The SMILES string of the molecule is CC(C)(C)OC(=O)NC1(C(=O)O)C2CCCOC2C1(C)C. The maximum Gasteiger partial charge on any atom is 0.408 e. The number of carboxylic acid groups (broad SMARTS) is 1. The van der Waals surface area contributed by atoms with Crippen molar-refractivity contribution in [3.63, 3.8) is 0 Å². The number of aliphatic carboxylic acids is 1. The first-order valence-electron chi connectivity index (χ1n) is 7.38. The van der Waals surface area contributed by atoms with Crippen LogP contribution in [-0.2, 0) is 14.3 Å². The molecule has 1 saturated heterocycles. The van der Waals surface area contributed by atoms with Crippen molar-refractivity contribution in [1.82, 2.24) is 5.32 Å². The summed E-state index contributed by atoms with van der Waals surface area (Å²) in [6.07, 6.45) is 0.706. The molecule has 3 unspecified atom stereocenters. The molecule has 3 atom stereocenters. The Hall–Kier alpha value is -1.30. The van der Waals surface area contributed by atoms with Crippen LogP contribution in [0, 0.1) is 11.3 Å². The van der Waals surface area contributed by atoms with Gasteiger partial charge in [-0.05, 0) is 33.6 Å². The maximum absolute atomic E-state index is 12.1. The number of amides is 1. The highest BCUT2D eigenvalue weighted by molar-refractivity contribution is 5.88. The first-order valence-corrected chi connectivity index (χ1v) is 7.38. The first kappa shape index (κ1) is 16.1. The van der Waals surface area contributed by atoms with E-state index in [0.717, 1.165) is 12.8 Å². The van der Waals surface area contributed by atoms with Crippen LogP contribution in [-0.4, -0.2) is 41.0 Å². The van der Waals surface area contributed by atoms with E-state index < -0.39 is 28.6 Å². The molecule has 0 radical (unpaired) electrons. The third-order valence-corrected chi connectivity index (χ3v) is 4.64. The largest absolute Gasteiger partial charge is 0.479 e. The average Bonchev–Trinajstić information content (AvgIpc) is 2.33. The van der Waals surface area contributed by atoms with Gasteiger partial charge >= 0.3 is 12.1 Å². The molecular weight excluding hydrogens is 274 g/mol. The van der Waals surface area contributed by atoms with Gasteiger partial charge in [-0.2, -0.15) is 0 Å². The zero-order chi connectivity index (χ0) is 16.1. The number of nitrogens with one attached hydrogen (secondary N) is 1. The number of carbonyl (C=O) groups is 2. The molecule has 0 aromatic rings. The Kier molecular flexibility index (Phi) is 3.72. The smallest absolute Gasteiger partial charge is 0.408 e. The third-order valence-electron chi connectivity index (χ3n) is 4.64. The van der Waals surface area contributed by atoms with Gasteiger partial charge in [0.05, 0.1) is 6.10 Å². The number of carbonyl (C=O) groups excluding carboxylic acids is 1. The number of carboxylic acids is 1. The van der Waals surface area contributed by atoms with Gasteiger partial charge in [-0.3, -0.25) is 0 Å². The van der Waals surface area contributed by atoms with Crippen LogP contribution in [0.5, 0.6) is 0 Å². The van der Waals surface area contributed by atoms with Crippen LogP contribution < -0.4 is 5.32 Å². The van der Waals surface area contributed by atoms with Gasteiger partial charge in [0.25, 0.3) is 0 Å². The summed E-state index contributed by atoms with van der Waals surface area (Å²) in [7, 11) is 0. The van der Waals surface area contributed by atoms with Gasteiger partial charge in [-0.25, -0.2) is 9.59 Å². The van der Waals surface area contributed by atoms with Gasteiger partial charge in [0.15, 0.2) is 5.54 Å². The van der Waals surface area contributed by atoms with Crippen molar-refractivity contribution in [3.05, 3.63) is 0 Å². The van der Waals surface area contributed by atoms with Gasteiger partial charge in [0, 0.05) is 17.9 Å². The molecule has 0 bridgehead atoms. The molecule has 1 heterocycles. The van der Waals surface area contributed by atoms with E-state index in [0.29, 0.717) is 6.61 Å². The fourth-order valence-electron chi connectivity index (χ4n) is 3.75. The summed E-state index contributed by atoms with van der Waals surface area (Å²) in [6, 6.07) is 0. The summed E-state index contributed by atoms with van der Waals surface area (Å²) < 4.78 is 11.0. The highest BCUT2D eigenvalue weighted by Gasteiger charge is 2.73. The fourth-order valence-corrected chi connectivity index (χ4v) is 3.75. The molecule has 2 fully saturated rings. The lowest BCUT2D eigenvalue weighted by molar-refractivity contribution is -0.241. The molecule has 0 spiro atoms. The Morgan fingerprint density at radius 2 is 1.95 bits per heavy atom. The van der Waals surface area contributed by atoms with Crippen LogP contribution in [0.4, 0.5) is 4.79 Å². The summed E-state index contributed by atoms with van der Waals surface area (Å²) >= 11 is 0. The van der Waals surface area contributed by atoms with Gasteiger partial charge < -0.3 is 19.9 Å². The van der Waals surface area contributed by atoms with E-state index in [-0.39, 0.29) is 12.0 Å². The highest BCUT2D eigenvalue weighted by atomic mass is 16.6. The van der Waals surface area contributed by atoms with E-state index >= 15 is 0 Å². The van der Waals surface area contributed by atoms with E-state index in [1.165, 1.54) is 0 Å². The average molecular weight is 299 g/mol. The maximum atomic E-state index is 12.1. The van der Waals surface area contributed by atoms with Crippen molar-refractivity contribution in [2.45, 2.75) is 64.7 Å². The molecule has 2 rings (SSSR count). The Morgan fingerprint density at radius 3 is 2.48 bits per heavy atom. The minimum Gasteiger partial charge on any atom is -0.479 e. The zero-order valence-electron chi connectivity index (χ0n) is 13.4. The molecule has 21 heavy (non-hydrogen) atoms. The van der Waals surface area contributed by atoms with Crippen molar-refractivity contribution < 1.29 is 24.2 Å². The molecule has 120 valence electrons. The summed E-state index contributed by atoms with van der Waals surface area (Å²) in [4.78, 5) is 24.0. The predicted octanol–water partition coefficient (Wildman–Crippen LogP) is 2.17. The van der Waals surface area contributed by atoms with Crippen LogP contribution in [0.3, 0.4) is 0 Å². The number of fused-ring (bicyclic) bond motifs is 1. The normalized spacial score (nSPS) is 34.3. The monoisotopic (exact) mass is 299 g/mol. The Morgan fingerprint density at radius 1 is 1.33 bits per heavy atom. The first-order chi connectivity index (χ1) is 9.52. The number of ether oxygens (including phenoxy) is 2. The van der Waals surface area contributed by atoms with Crippen molar-refractivity contribution >= 4 is 12.1 Å². The number of hydrogen-bond donors (Lipinski definition) is 2. The highest BCUT2D eigenvalue weighted by Crippen LogP contribution is 2.58. The molecule has 0 aromatic heterocycles. The summed E-state index contributed by atoms with van der Waals surface area (Å²) in [5.74, 6) is -1.24. The zero-order valence-corrected chi connectivity index (χ0v) is 13.4. The summed E-state index contributed by atoms with van der Waals surface area (Å²) in [6.45, 7) is 9.54. The predicted molar refractivity (Wildman–Crippen MR) is 76.0 cm³/mol. The number of rotatable bonds is 2. The second kappa shape index (κ2) is 4.87. The lowest BCUT2D eigenvalue weighted by atomic mass is 9.46. The Bertz CT molecular complexity index is 453. The summed E-state index contributed by atoms with van der Waals surface area (Å²) in [5, 5.41) is 12.4. The molecule has 2 N–H and O–H groups in total. The van der Waals surface area contributed by atoms with Gasteiger partial charge in [0.2, 0.25) is 0 Å². The second-order valence-corrected chi connectivity index (χ2v) is 7.50. The van der Waals surface area contributed by atoms with Crippen LogP contribution in [0.15, 0.2) is 0 Å². The number of hydrogen-bond acceptors (Lipinski definition) is 4. The van der Waals surface area contributed by atoms with Crippen molar-refractivity contribution in [2.24, 2.45) is 11.3 Å². The van der Waals surface area contributed by atoms with Gasteiger partial charge in [-0.1, -0.05) is 13.8 Å². The molecular formula is C15H25NO5. The van der Waals surface area contributed by atoms with Crippen LogP contribution in [0.1, 0.15) is 47.5 Å². The fraction of sp³-hybridized carbons (Fsp3) is 0.867. The molecule has 1 saturated carbocycles. The Balaban J connectivity index is 2.25. The molecule has 1 aliphatic heterocycles. The van der Waals surface area contributed by atoms with E-state index in [2.05, 4.69) is 5.32 Å². The molecule has 1 aliphatic carbocycles. The van der Waals surface area contributed by atoms with Gasteiger partial charge in [-0.15, -0.1) is 0 Å². The van der Waals surface area contributed by atoms with Crippen LogP contribution >= 0.6 is 0 Å². The molecule has 0 aromatic carbocycles. The summed E-state index contributed by atoms with van der Waals surface area (Å²) in [5.41, 5.74) is -2.68.